The number of carbonyl (C=O) groups excluding carboxylic acids is 4. The topological polar surface area (TPSA) is 152 Å². The summed E-state index contributed by atoms with van der Waals surface area (Å²) in [4.78, 5) is 56.9. The number of aromatic nitrogens is 2. The van der Waals surface area contributed by atoms with E-state index in [-0.39, 0.29) is 41.2 Å². The van der Waals surface area contributed by atoms with E-state index >= 15 is 0 Å². The fourth-order valence-electron chi connectivity index (χ4n) is 4.25. The molecule has 2 aromatic carbocycles. The lowest BCUT2D eigenvalue weighted by atomic mass is 10.1. The number of nitrogens with zero attached hydrogens (tertiary/aromatic N) is 1. The molecule has 4 N–H and O–H groups in total. The van der Waals surface area contributed by atoms with Gasteiger partial charge in [-0.1, -0.05) is 6.07 Å². The summed E-state index contributed by atoms with van der Waals surface area (Å²) in [7, 11) is 1.24. The molecule has 0 radical (unpaired) electrons. The number of H-pyrrole nitrogens is 1. The molecule has 4 rings (SSSR count). The number of ether oxygens (including phenoxy) is 2. The van der Waals surface area contributed by atoms with E-state index in [0.29, 0.717) is 17.9 Å². The normalized spacial score (nSPS) is 11.3. The van der Waals surface area contributed by atoms with E-state index in [9.17, 15) is 28.0 Å². The van der Waals surface area contributed by atoms with Crippen LogP contribution < -0.4 is 20.7 Å². The molecule has 0 saturated heterocycles. The minimum atomic E-state index is -0.965. The Morgan fingerprint density at radius 1 is 0.956 bits per heavy atom. The molecule has 0 saturated carbocycles. The highest BCUT2D eigenvalue weighted by Crippen LogP contribution is 2.29. The summed E-state index contributed by atoms with van der Waals surface area (Å²) >= 11 is 0. The monoisotopic (exact) mass is 619 g/mol. The van der Waals surface area contributed by atoms with E-state index < -0.39 is 41.4 Å². The Morgan fingerprint density at radius 3 is 2.49 bits per heavy atom. The lowest BCUT2D eigenvalue weighted by Gasteiger charge is -2.17. The third-order valence-electron chi connectivity index (χ3n) is 6.58. The summed E-state index contributed by atoms with van der Waals surface area (Å²) in [6, 6.07) is 11.3. The molecule has 11 nitrogen and oxygen atoms in total. The molecule has 2 aromatic heterocycles. The van der Waals surface area contributed by atoms with Crippen LogP contribution in [0.15, 0.2) is 67.0 Å². The predicted octanol–water partition coefficient (Wildman–Crippen LogP) is 4.90. The number of hydrogen-bond acceptors (Lipinski definition) is 7. The summed E-state index contributed by atoms with van der Waals surface area (Å²) in [5.74, 6) is -3.58. The van der Waals surface area contributed by atoms with Crippen LogP contribution in [0, 0.1) is 18.6 Å². The Morgan fingerprint density at radius 2 is 1.73 bits per heavy atom. The van der Waals surface area contributed by atoms with E-state index in [2.05, 4.69) is 30.7 Å². The van der Waals surface area contributed by atoms with Gasteiger partial charge in [0.25, 0.3) is 11.8 Å². The first-order valence-electron chi connectivity index (χ1n) is 13.9. The van der Waals surface area contributed by atoms with Gasteiger partial charge in [0.05, 0.1) is 29.7 Å². The molecule has 13 heteroatoms. The van der Waals surface area contributed by atoms with Crippen molar-refractivity contribution in [2.24, 2.45) is 0 Å². The third kappa shape index (κ3) is 8.50. The zero-order valence-corrected chi connectivity index (χ0v) is 24.7. The molecular weight excluding hydrogens is 588 g/mol. The lowest BCUT2D eigenvalue weighted by Crippen LogP contribution is -2.46. The molecule has 2 heterocycles. The molecular formula is C32H31F2N5O6. The Bertz CT molecular complexity index is 1720. The number of pyridine rings is 1. The molecule has 1 unspecified atom stereocenters. The molecule has 4 aromatic rings. The summed E-state index contributed by atoms with van der Waals surface area (Å²) in [5, 5.41) is 7.73. The molecule has 0 fully saturated rings. The molecule has 45 heavy (non-hydrogen) atoms. The van der Waals surface area contributed by atoms with Crippen molar-refractivity contribution in [1.82, 2.24) is 20.6 Å². The van der Waals surface area contributed by atoms with Crippen LogP contribution in [-0.2, 0) is 14.3 Å². The first kappa shape index (κ1) is 32.3. The molecule has 0 bridgehead atoms. The van der Waals surface area contributed by atoms with Crippen molar-refractivity contribution in [1.29, 1.82) is 0 Å². The highest BCUT2D eigenvalue weighted by Gasteiger charge is 2.23. The van der Waals surface area contributed by atoms with Crippen molar-refractivity contribution in [3.05, 3.63) is 95.3 Å². The van der Waals surface area contributed by atoms with E-state index in [0.717, 1.165) is 11.6 Å². The Balaban J connectivity index is 1.47. The maximum Gasteiger partial charge on any atom is 0.305 e. The van der Waals surface area contributed by atoms with Gasteiger partial charge >= 0.3 is 5.97 Å². The van der Waals surface area contributed by atoms with E-state index in [1.807, 2.05) is 0 Å². The molecule has 234 valence electrons. The van der Waals surface area contributed by atoms with Crippen molar-refractivity contribution < 1.29 is 37.4 Å². The van der Waals surface area contributed by atoms with Gasteiger partial charge in [0.15, 0.2) is 11.6 Å². The molecule has 1 atom stereocenters. The van der Waals surface area contributed by atoms with Crippen molar-refractivity contribution in [3.63, 3.8) is 0 Å². The van der Waals surface area contributed by atoms with Crippen LogP contribution in [0.1, 0.15) is 46.0 Å². The number of likely N-dealkylation sites (N-methyl/N-ethyl adjacent to an activating group) is 1. The van der Waals surface area contributed by atoms with Crippen LogP contribution in [0.4, 0.5) is 14.5 Å². The Kier molecular flexibility index (Phi) is 10.6. The largest absolute Gasteiger partial charge is 0.469 e. The smallest absolute Gasteiger partial charge is 0.305 e. The maximum absolute atomic E-state index is 14.7. The highest BCUT2D eigenvalue weighted by atomic mass is 19.1. The standard InChI is InChI=1S/C32H31F2N5O6/c1-4-35-32(43)24(9-10-29(40)44-3)38-31(42)20-14-26(37-17-20)27-16-21(11-12-36-27)45-28-15-19(6-8-23(28)34)30(41)39-25-13-18(2)5-7-22(25)33/h5-8,11-17,24,37H,4,9-10H2,1-3H3,(H,35,43)(H,38,42)(H,39,41). The van der Waals surface area contributed by atoms with Crippen LogP contribution in [0.25, 0.3) is 11.4 Å². The predicted molar refractivity (Wildman–Crippen MR) is 161 cm³/mol. The minimum absolute atomic E-state index is 0.00879. The summed E-state index contributed by atoms with van der Waals surface area (Å²) in [6.07, 6.45) is 2.82. The molecule has 3 amide bonds. The third-order valence-corrected chi connectivity index (χ3v) is 6.58. The first-order chi connectivity index (χ1) is 21.6. The van der Waals surface area contributed by atoms with Gasteiger partial charge in [-0.3, -0.25) is 24.2 Å². The number of esters is 1. The van der Waals surface area contributed by atoms with Crippen LogP contribution >= 0.6 is 0 Å². The van der Waals surface area contributed by atoms with E-state index in [4.69, 9.17) is 4.74 Å². The summed E-state index contributed by atoms with van der Waals surface area (Å²) < 4.78 is 39.1. The fourth-order valence-corrected chi connectivity index (χ4v) is 4.25. The number of methoxy groups -OCH3 is 1. The van der Waals surface area contributed by atoms with Gasteiger partial charge in [-0.15, -0.1) is 0 Å². The molecule has 0 spiro atoms. The summed E-state index contributed by atoms with van der Waals surface area (Å²) in [5.41, 5.74) is 1.74. The summed E-state index contributed by atoms with van der Waals surface area (Å²) in [6.45, 7) is 3.83. The number of carbonyl (C=O) groups is 4. The number of halogens is 2. The van der Waals surface area contributed by atoms with Gasteiger partial charge in [0, 0.05) is 37.0 Å². The first-order valence-corrected chi connectivity index (χ1v) is 13.9. The van der Waals surface area contributed by atoms with E-state index in [1.165, 1.54) is 62.0 Å². The number of hydrogen-bond donors (Lipinski definition) is 4. The van der Waals surface area contributed by atoms with Gasteiger partial charge in [0.2, 0.25) is 5.91 Å². The fraction of sp³-hybridized carbons (Fsp3) is 0.219. The number of anilines is 1. The quantitative estimate of drug-likeness (QED) is 0.165. The van der Waals surface area contributed by atoms with Crippen molar-refractivity contribution in [2.75, 3.05) is 19.0 Å². The van der Waals surface area contributed by atoms with Gasteiger partial charge in [-0.05, 0) is 68.3 Å². The number of aryl methyl sites for hydroxylation is 1. The number of nitrogens with one attached hydrogen (secondary N) is 4. The Labute approximate surface area is 257 Å². The van der Waals surface area contributed by atoms with Crippen LogP contribution in [0.5, 0.6) is 11.5 Å². The Hall–Kier alpha value is -5.59. The van der Waals surface area contributed by atoms with E-state index in [1.54, 1.807) is 19.9 Å². The zero-order chi connectivity index (χ0) is 32.5. The molecule has 0 aliphatic rings. The SMILES string of the molecule is CCNC(=O)C(CCC(=O)OC)NC(=O)c1c[nH]c(-c2cc(Oc3cc(C(=O)Nc4cc(C)ccc4F)ccc3F)ccn2)c1. The lowest BCUT2D eigenvalue weighted by molar-refractivity contribution is -0.140. The highest BCUT2D eigenvalue weighted by molar-refractivity contribution is 6.04. The second-order valence-corrected chi connectivity index (χ2v) is 9.90. The second kappa shape index (κ2) is 14.7. The molecule has 0 aliphatic heterocycles. The van der Waals surface area contributed by atoms with Crippen molar-refractivity contribution >= 4 is 29.4 Å². The minimum Gasteiger partial charge on any atom is -0.469 e. The number of rotatable bonds is 12. The molecule has 0 aliphatic carbocycles. The van der Waals surface area contributed by atoms with Crippen LogP contribution in [0.2, 0.25) is 0 Å². The average Bonchev–Trinajstić information content (AvgIpc) is 3.53. The van der Waals surface area contributed by atoms with Crippen LogP contribution in [-0.4, -0.2) is 53.4 Å². The van der Waals surface area contributed by atoms with Gasteiger partial charge in [-0.2, -0.15) is 0 Å². The van der Waals surface area contributed by atoms with Gasteiger partial charge < -0.3 is 30.4 Å². The second-order valence-electron chi connectivity index (χ2n) is 9.90. The maximum atomic E-state index is 14.7. The van der Waals surface area contributed by atoms with Crippen molar-refractivity contribution in [3.8, 4) is 22.9 Å². The van der Waals surface area contributed by atoms with Gasteiger partial charge in [-0.25, -0.2) is 8.78 Å². The van der Waals surface area contributed by atoms with Gasteiger partial charge in [0.1, 0.15) is 17.6 Å². The van der Waals surface area contributed by atoms with Crippen LogP contribution in [0.3, 0.4) is 0 Å². The van der Waals surface area contributed by atoms with Crippen molar-refractivity contribution in [2.45, 2.75) is 32.7 Å². The number of aromatic amines is 1. The zero-order valence-electron chi connectivity index (χ0n) is 24.7. The number of benzene rings is 2. The average molecular weight is 620 g/mol. The number of amides is 3.